The van der Waals surface area contributed by atoms with Gasteiger partial charge in [-0.3, -0.25) is 14.8 Å². The number of amides is 1. The zero-order chi connectivity index (χ0) is 13.1. The number of rotatable bonds is 3. The fourth-order valence-electron chi connectivity index (χ4n) is 1.98. The standard InChI is InChI=1S/C12H11N5O/c1-2-8-5-11(18)17(7-8)12-9(6-14)10(3-4-13)15-16-12/h2,8H,1,3,5,7H2,(H,15,16). The first-order valence-corrected chi connectivity index (χ1v) is 5.48. The molecule has 1 atom stereocenters. The molecule has 2 rings (SSSR count). The molecule has 0 bridgehead atoms. The summed E-state index contributed by atoms with van der Waals surface area (Å²) in [5.74, 6) is 0.323. The Morgan fingerprint density at radius 2 is 2.39 bits per heavy atom. The third-order valence-electron chi connectivity index (χ3n) is 2.93. The van der Waals surface area contributed by atoms with Crippen LogP contribution in [0.15, 0.2) is 12.7 Å². The molecule has 1 saturated heterocycles. The van der Waals surface area contributed by atoms with Crippen LogP contribution >= 0.6 is 0 Å². The summed E-state index contributed by atoms with van der Waals surface area (Å²) in [7, 11) is 0. The first kappa shape index (κ1) is 11.9. The highest BCUT2D eigenvalue weighted by Gasteiger charge is 2.32. The maximum absolute atomic E-state index is 11.8. The van der Waals surface area contributed by atoms with Gasteiger partial charge in [0.2, 0.25) is 5.91 Å². The molecule has 1 aromatic rings. The minimum absolute atomic E-state index is 0.0722. The second-order valence-corrected chi connectivity index (χ2v) is 4.05. The van der Waals surface area contributed by atoms with Crippen molar-refractivity contribution in [1.29, 1.82) is 10.5 Å². The Balaban J connectivity index is 2.35. The lowest BCUT2D eigenvalue weighted by atomic mass is 10.1. The summed E-state index contributed by atoms with van der Waals surface area (Å²) in [6.07, 6.45) is 2.18. The summed E-state index contributed by atoms with van der Waals surface area (Å²) in [6, 6.07) is 3.95. The van der Waals surface area contributed by atoms with Gasteiger partial charge in [-0.15, -0.1) is 6.58 Å². The van der Waals surface area contributed by atoms with E-state index in [2.05, 4.69) is 16.8 Å². The monoisotopic (exact) mass is 241 g/mol. The van der Waals surface area contributed by atoms with Gasteiger partial charge in [0.05, 0.1) is 18.2 Å². The van der Waals surface area contributed by atoms with E-state index in [1.54, 1.807) is 6.08 Å². The van der Waals surface area contributed by atoms with Crippen LogP contribution in [0.3, 0.4) is 0 Å². The Hall–Kier alpha value is -2.60. The predicted molar refractivity (Wildman–Crippen MR) is 63.3 cm³/mol. The van der Waals surface area contributed by atoms with Crippen molar-refractivity contribution in [2.45, 2.75) is 12.8 Å². The van der Waals surface area contributed by atoms with Crippen molar-refractivity contribution in [3.05, 3.63) is 23.9 Å². The van der Waals surface area contributed by atoms with Gasteiger partial charge in [-0.05, 0) is 0 Å². The number of nitrogens with one attached hydrogen (secondary N) is 1. The van der Waals surface area contributed by atoms with Crippen LogP contribution in [0, 0.1) is 28.6 Å². The molecule has 1 fully saturated rings. The zero-order valence-corrected chi connectivity index (χ0v) is 9.68. The van der Waals surface area contributed by atoms with Crippen LogP contribution in [-0.2, 0) is 11.2 Å². The molecule has 90 valence electrons. The Morgan fingerprint density at radius 1 is 1.61 bits per heavy atom. The molecular formula is C12H11N5O. The van der Waals surface area contributed by atoms with Crippen LogP contribution in [0.2, 0.25) is 0 Å². The maximum atomic E-state index is 11.8. The molecule has 1 amide bonds. The molecule has 1 aliphatic heterocycles. The highest BCUT2D eigenvalue weighted by atomic mass is 16.2. The van der Waals surface area contributed by atoms with E-state index in [1.165, 1.54) is 4.90 Å². The van der Waals surface area contributed by atoms with Crippen molar-refractivity contribution in [3.8, 4) is 12.1 Å². The van der Waals surface area contributed by atoms with Gasteiger partial charge in [-0.1, -0.05) is 6.08 Å². The first-order chi connectivity index (χ1) is 8.71. The van der Waals surface area contributed by atoms with E-state index in [4.69, 9.17) is 10.5 Å². The van der Waals surface area contributed by atoms with Crippen molar-refractivity contribution >= 4 is 11.7 Å². The van der Waals surface area contributed by atoms with Gasteiger partial charge in [0, 0.05) is 18.9 Å². The lowest BCUT2D eigenvalue weighted by molar-refractivity contribution is -0.117. The Bertz CT molecular complexity index is 574. The third kappa shape index (κ3) is 1.85. The molecule has 2 heterocycles. The highest BCUT2D eigenvalue weighted by Crippen LogP contribution is 2.28. The van der Waals surface area contributed by atoms with Crippen LogP contribution < -0.4 is 4.90 Å². The largest absolute Gasteiger partial charge is 0.294 e. The number of aromatic nitrogens is 2. The number of H-pyrrole nitrogens is 1. The molecule has 1 aliphatic rings. The molecule has 0 aromatic carbocycles. The Labute approximate surface area is 104 Å². The summed E-state index contributed by atoms with van der Waals surface area (Å²) in [5, 5.41) is 24.4. The van der Waals surface area contributed by atoms with E-state index in [1.807, 2.05) is 12.1 Å². The number of nitriles is 2. The number of anilines is 1. The molecule has 1 unspecified atom stereocenters. The summed E-state index contributed by atoms with van der Waals surface area (Å²) in [5.41, 5.74) is 0.722. The van der Waals surface area contributed by atoms with Crippen molar-refractivity contribution in [1.82, 2.24) is 10.2 Å². The molecule has 0 spiro atoms. The van der Waals surface area contributed by atoms with Crippen molar-refractivity contribution in [2.24, 2.45) is 5.92 Å². The van der Waals surface area contributed by atoms with Crippen molar-refractivity contribution in [2.75, 3.05) is 11.4 Å². The number of nitrogens with zero attached hydrogens (tertiary/aromatic N) is 4. The van der Waals surface area contributed by atoms with Gasteiger partial charge in [0.25, 0.3) is 0 Å². The van der Waals surface area contributed by atoms with Crippen molar-refractivity contribution in [3.63, 3.8) is 0 Å². The molecule has 0 radical (unpaired) electrons. The summed E-state index contributed by atoms with van der Waals surface area (Å²) in [4.78, 5) is 13.3. The van der Waals surface area contributed by atoms with Gasteiger partial charge < -0.3 is 0 Å². The summed E-state index contributed by atoms with van der Waals surface area (Å²) >= 11 is 0. The topological polar surface area (TPSA) is 96.6 Å². The number of hydrogen-bond donors (Lipinski definition) is 1. The fourth-order valence-corrected chi connectivity index (χ4v) is 1.98. The van der Waals surface area contributed by atoms with Crippen molar-refractivity contribution < 1.29 is 4.79 Å². The van der Waals surface area contributed by atoms with Gasteiger partial charge in [-0.25, -0.2) is 0 Å². The minimum atomic E-state index is -0.0774. The molecule has 18 heavy (non-hydrogen) atoms. The van der Waals surface area contributed by atoms with Gasteiger partial charge in [0.1, 0.15) is 11.6 Å². The third-order valence-corrected chi connectivity index (χ3v) is 2.93. The van der Waals surface area contributed by atoms with Gasteiger partial charge in [-0.2, -0.15) is 15.6 Å². The predicted octanol–water partition coefficient (Wildman–Crippen LogP) is 0.886. The first-order valence-electron chi connectivity index (χ1n) is 5.48. The average molecular weight is 241 g/mol. The van der Waals surface area contributed by atoms with Gasteiger partial charge >= 0.3 is 0 Å². The van der Waals surface area contributed by atoms with E-state index < -0.39 is 0 Å². The SMILES string of the molecule is C=CC1CC(=O)N(c2n[nH]c(CC#N)c2C#N)C1. The zero-order valence-electron chi connectivity index (χ0n) is 9.68. The number of carbonyl (C=O) groups is 1. The second kappa shape index (κ2) is 4.72. The average Bonchev–Trinajstić information content (AvgIpc) is 2.92. The summed E-state index contributed by atoms with van der Waals surface area (Å²) in [6.45, 7) is 4.15. The smallest absolute Gasteiger partial charge is 0.228 e. The number of hydrogen-bond acceptors (Lipinski definition) is 4. The normalized spacial score (nSPS) is 18.4. The number of aromatic amines is 1. The lowest BCUT2D eigenvalue weighted by Crippen LogP contribution is -2.25. The Kier molecular flexibility index (Phi) is 3.11. The molecular weight excluding hydrogens is 230 g/mol. The number of carbonyl (C=O) groups excluding carboxylic acids is 1. The summed E-state index contributed by atoms with van der Waals surface area (Å²) < 4.78 is 0. The van der Waals surface area contributed by atoms with Crippen LogP contribution in [0.4, 0.5) is 5.82 Å². The van der Waals surface area contributed by atoms with E-state index in [0.717, 1.165) is 0 Å². The molecule has 1 N–H and O–H groups in total. The Morgan fingerprint density at radius 3 is 2.94 bits per heavy atom. The van der Waals surface area contributed by atoms with Crippen LogP contribution in [0.1, 0.15) is 17.7 Å². The molecule has 0 aliphatic carbocycles. The molecule has 1 aromatic heterocycles. The minimum Gasteiger partial charge on any atom is -0.294 e. The van der Waals surface area contributed by atoms with Gasteiger partial charge in [0.15, 0.2) is 5.82 Å². The van der Waals surface area contributed by atoms with E-state index in [-0.39, 0.29) is 23.8 Å². The maximum Gasteiger partial charge on any atom is 0.228 e. The van der Waals surface area contributed by atoms with E-state index in [0.29, 0.717) is 24.5 Å². The second-order valence-electron chi connectivity index (χ2n) is 4.05. The van der Waals surface area contributed by atoms with E-state index >= 15 is 0 Å². The van der Waals surface area contributed by atoms with E-state index in [9.17, 15) is 4.79 Å². The quantitative estimate of drug-likeness (QED) is 0.794. The van der Waals surface area contributed by atoms with Crippen LogP contribution in [-0.4, -0.2) is 22.6 Å². The van der Waals surface area contributed by atoms with Crippen LogP contribution in [0.25, 0.3) is 0 Å². The molecule has 6 nitrogen and oxygen atoms in total. The molecule has 0 saturated carbocycles. The highest BCUT2D eigenvalue weighted by molar-refractivity contribution is 5.96. The fraction of sp³-hybridized carbons (Fsp3) is 0.333. The molecule has 6 heteroatoms. The lowest BCUT2D eigenvalue weighted by Gasteiger charge is -2.12. The van der Waals surface area contributed by atoms with Crippen LogP contribution in [0.5, 0.6) is 0 Å².